The molecule has 0 radical (unpaired) electrons. The summed E-state index contributed by atoms with van der Waals surface area (Å²) in [7, 11) is 1.97. The lowest BCUT2D eigenvalue weighted by Crippen LogP contribution is -2.01. The van der Waals surface area contributed by atoms with Crippen LogP contribution in [0.5, 0.6) is 0 Å². The second-order valence-corrected chi connectivity index (χ2v) is 8.72. The van der Waals surface area contributed by atoms with Gasteiger partial charge in [0.2, 0.25) is 0 Å². The minimum Gasteiger partial charge on any atom is -0.326 e. The molecule has 2 aromatic heterocycles. The van der Waals surface area contributed by atoms with Crippen molar-refractivity contribution >= 4 is 28.6 Å². The van der Waals surface area contributed by atoms with Crippen LogP contribution < -0.4 is 0 Å². The van der Waals surface area contributed by atoms with Crippen molar-refractivity contribution in [1.29, 1.82) is 10.5 Å². The number of hydrogen-bond donors (Lipinski definition) is 0. The van der Waals surface area contributed by atoms with E-state index in [0.717, 1.165) is 33.9 Å². The minimum absolute atomic E-state index is 0.0867. The summed E-state index contributed by atoms with van der Waals surface area (Å²) >= 11 is 0. The van der Waals surface area contributed by atoms with Gasteiger partial charge >= 0.3 is 0 Å². The topological polar surface area (TPSA) is 87.4 Å². The first-order valence-corrected chi connectivity index (χ1v) is 11.7. The van der Waals surface area contributed by atoms with Crippen molar-refractivity contribution in [3.63, 3.8) is 0 Å². The highest BCUT2D eigenvalue weighted by Crippen LogP contribution is 2.40. The van der Waals surface area contributed by atoms with Crippen LogP contribution in [-0.2, 0) is 7.05 Å². The van der Waals surface area contributed by atoms with E-state index in [-0.39, 0.29) is 11.4 Å². The van der Waals surface area contributed by atoms with Gasteiger partial charge in [0, 0.05) is 35.0 Å². The van der Waals surface area contributed by atoms with Crippen LogP contribution in [0.4, 0.5) is 0 Å². The van der Waals surface area contributed by atoms with Crippen molar-refractivity contribution in [2.24, 2.45) is 7.05 Å². The molecule has 6 heteroatoms. The molecule has 0 saturated carbocycles. The van der Waals surface area contributed by atoms with Gasteiger partial charge in [0.05, 0.1) is 11.2 Å². The average molecular weight is 478 g/mol. The van der Waals surface area contributed by atoms with Crippen molar-refractivity contribution in [3.8, 4) is 29.2 Å². The monoisotopic (exact) mass is 477 g/mol. The van der Waals surface area contributed by atoms with Crippen LogP contribution in [0.15, 0.2) is 102 Å². The maximum atomic E-state index is 13.5. The Morgan fingerprint density at radius 2 is 1.49 bits per heavy atom. The van der Waals surface area contributed by atoms with Gasteiger partial charge in [-0.1, -0.05) is 72.8 Å². The predicted molar refractivity (Wildman–Crippen MR) is 142 cm³/mol. The van der Waals surface area contributed by atoms with Crippen LogP contribution in [0.25, 0.3) is 39.9 Å². The van der Waals surface area contributed by atoms with Crippen molar-refractivity contribution in [3.05, 3.63) is 119 Å². The molecule has 0 saturated heterocycles. The first-order valence-electron chi connectivity index (χ1n) is 11.7. The molecule has 6 rings (SSSR count). The quantitative estimate of drug-likeness (QED) is 0.232. The number of para-hydroxylation sites is 1. The Bertz CT molecular complexity index is 1840. The van der Waals surface area contributed by atoms with Gasteiger partial charge in [-0.15, -0.1) is 0 Å². The van der Waals surface area contributed by atoms with Gasteiger partial charge in [-0.05, 0) is 29.8 Å². The van der Waals surface area contributed by atoms with Crippen LogP contribution in [0.3, 0.4) is 0 Å². The zero-order valence-corrected chi connectivity index (χ0v) is 19.9. The van der Waals surface area contributed by atoms with Crippen LogP contribution in [0.2, 0.25) is 0 Å². The fourth-order valence-corrected chi connectivity index (χ4v) is 4.94. The normalized spacial score (nSPS) is 13.5. The number of aryl methyl sites for hydroxylation is 1. The highest BCUT2D eigenvalue weighted by Gasteiger charge is 2.32. The molecule has 0 atom stereocenters. The average Bonchev–Trinajstić information content (AvgIpc) is 3.55. The molecule has 0 amide bonds. The third kappa shape index (κ3) is 3.40. The third-order valence-electron chi connectivity index (χ3n) is 6.64. The predicted octanol–water partition coefficient (Wildman–Crippen LogP) is 6.11. The standard InChI is InChI=1S/C31H19N5O/c1-35-27-17-23(16-26-28(21(18-32)19-33)24-14-8-9-15-25(24)29(26)37)36(22-12-6-3-7-13-22)31(27)34-30(35)20-10-4-2-5-11-20/h2-17H,1H3/b26-16-. The van der Waals surface area contributed by atoms with E-state index in [2.05, 4.69) is 0 Å². The van der Waals surface area contributed by atoms with E-state index in [0.29, 0.717) is 22.3 Å². The molecular weight excluding hydrogens is 458 g/mol. The first kappa shape index (κ1) is 22.0. The van der Waals surface area contributed by atoms with Crippen molar-refractivity contribution < 1.29 is 4.79 Å². The zero-order chi connectivity index (χ0) is 25.5. The SMILES string of the molecule is Cn1c(-c2ccccc2)nc2c1cc(/C=C1\C(=O)c3ccccc3C1=C(C#N)C#N)n2-c1ccccc1. The van der Waals surface area contributed by atoms with E-state index in [1.54, 1.807) is 30.3 Å². The molecule has 0 fully saturated rings. The molecule has 0 spiro atoms. The van der Waals surface area contributed by atoms with Crippen LogP contribution in [0, 0.1) is 22.7 Å². The minimum atomic E-state index is -0.212. The number of carbonyl (C=O) groups excluding carboxylic acids is 1. The van der Waals surface area contributed by atoms with Gasteiger partial charge in [-0.25, -0.2) is 4.98 Å². The molecule has 5 aromatic rings. The Kier molecular flexibility index (Phi) is 5.14. The molecule has 37 heavy (non-hydrogen) atoms. The Hall–Kier alpha value is -5.46. The number of rotatable bonds is 3. The van der Waals surface area contributed by atoms with E-state index in [1.165, 1.54) is 0 Å². The molecule has 6 nitrogen and oxygen atoms in total. The van der Waals surface area contributed by atoms with Gasteiger partial charge in [0.25, 0.3) is 0 Å². The number of nitrogens with zero attached hydrogens (tertiary/aromatic N) is 5. The number of nitriles is 2. The van der Waals surface area contributed by atoms with Crippen LogP contribution in [-0.4, -0.2) is 19.9 Å². The Morgan fingerprint density at radius 1 is 0.865 bits per heavy atom. The van der Waals surface area contributed by atoms with Gasteiger partial charge in [0.1, 0.15) is 23.5 Å². The fraction of sp³-hybridized carbons (Fsp3) is 0.0323. The molecule has 174 valence electrons. The van der Waals surface area contributed by atoms with E-state index >= 15 is 0 Å². The zero-order valence-electron chi connectivity index (χ0n) is 19.9. The summed E-state index contributed by atoms with van der Waals surface area (Å²) in [6.45, 7) is 0. The maximum absolute atomic E-state index is 13.5. The molecule has 0 N–H and O–H groups in total. The number of imidazole rings is 1. The number of hydrogen-bond acceptors (Lipinski definition) is 4. The summed E-state index contributed by atoms with van der Waals surface area (Å²) in [5, 5.41) is 19.4. The van der Waals surface area contributed by atoms with E-state index < -0.39 is 0 Å². The molecule has 1 aliphatic carbocycles. The summed E-state index contributed by atoms with van der Waals surface area (Å²) in [5.41, 5.74) is 5.94. The number of ketones is 1. The first-order chi connectivity index (χ1) is 18.1. The van der Waals surface area contributed by atoms with Gasteiger partial charge in [-0.3, -0.25) is 9.36 Å². The molecule has 0 aliphatic heterocycles. The highest BCUT2D eigenvalue weighted by molar-refractivity contribution is 6.29. The summed E-state index contributed by atoms with van der Waals surface area (Å²) < 4.78 is 4.03. The third-order valence-corrected chi connectivity index (χ3v) is 6.64. The van der Waals surface area contributed by atoms with Crippen molar-refractivity contribution in [1.82, 2.24) is 14.1 Å². The Labute approximate surface area is 213 Å². The largest absolute Gasteiger partial charge is 0.326 e. The fourth-order valence-electron chi connectivity index (χ4n) is 4.94. The van der Waals surface area contributed by atoms with Crippen LogP contribution in [0.1, 0.15) is 21.6 Å². The van der Waals surface area contributed by atoms with Gasteiger partial charge in [-0.2, -0.15) is 10.5 Å². The maximum Gasteiger partial charge on any atom is 0.194 e. The number of aromatic nitrogens is 3. The lowest BCUT2D eigenvalue weighted by molar-refractivity contribution is 0.104. The lowest BCUT2D eigenvalue weighted by atomic mass is 9.99. The Balaban J connectivity index is 1.64. The van der Waals surface area contributed by atoms with E-state index in [4.69, 9.17) is 4.98 Å². The molecular formula is C31H19N5O. The number of fused-ring (bicyclic) bond motifs is 2. The second-order valence-electron chi connectivity index (χ2n) is 8.72. The smallest absolute Gasteiger partial charge is 0.194 e. The van der Waals surface area contributed by atoms with Crippen molar-refractivity contribution in [2.75, 3.05) is 0 Å². The molecule has 0 unspecified atom stereocenters. The lowest BCUT2D eigenvalue weighted by Gasteiger charge is -2.09. The van der Waals surface area contributed by atoms with Gasteiger partial charge in [0.15, 0.2) is 11.4 Å². The number of benzene rings is 3. The molecule has 0 bridgehead atoms. The molecule has 3 aromatic carbocycles. The van der Waals surface area contributed by atoms with E-state index in [1.807, 2.05) is 95.1 Å². The van der Waals surface area contributed by atoms with Gasteiger partial charge < -0.3 is 4.57 Å². The molecule has 2 heterocycles. The summed E-state index contributed by atoms with van der Waals surface area (Å²) in [5.74, 6) is 0.618. The van der Waals surface area contributed by atoms with Crippen LogP contribution >= 0.6 is 0 Å². The summed E-state index contributed by atoms with van der Waals surface area (Å²) in [4.78, 5) is 18.5. The highest BCUT2D eigenvalue weighted by atomic mass is 16.1. The summed E-state index contributed by atoms with van der Waals surface area (Å²) in [6.07, 6.45) is 1.77. The van der Waals surface area contributed by atoms with E-state index in [9.17, 15) is 15.3 Å². The Morgan fingerprint density at radius 3 is 2.16 bits per heavy atom. The number of Topliss-reactive ketones (excluding diaryl/α,β-unsaturated/α-hetero) is 1. The number of carbonyl (C=O) groups is 1. The second kappa shape index (κ2) is 8.64. The summed E-state index contributed by atoms with van der Waals surface area (Å²) in [6, 6.07) is 32.8. The molecule has 1 aliphatic rings. The number of allylic oxidation sites excluding steroid dienone is 3. The van der Waals surface area contributed by atoms with Crippen molar-refractivity contribution in [2.45, 2.75) is 0 Å².